The van der Waals surface area contributed by atoms with Crippen LogP contribution in [0.4, 0.5) is 18.9 Å². The van der Waals surface area contributed by atoms with Crippen molar-refractivity contribution in [1.82, 2.24) is 10.2 Å². The number of nitrogens with one attached hydrogen (secondary N) is 2. The summed E-state index contributed by atoms with van der Waals surface area (Å²) in [5.41, 5.74) is 0.693. The molecule has 0 saturated carbocycles. The molecule has 1 aromatic heterocycles. The molecule has 0 amide bonds. The first-order chi connectivity index (χ1) is 12.8. The third kappa shape index (κ3) is 4.61. The molecule has 142 valence electrons. The summed E-state index contributed by atoms with van der Waals surface area (Å²) in [5.74, 6) is 0.644. The van der Waals surface area contributed by atoms with E-state index in [-0.39, 0.29) is 11.7 Å². The number of ether oxygens (including phenoxy) is 1. The van der Waals surface area contributed by atoms with Gasteiger partial charge < -0.3 is 10.1 Å². The molecule has 0 aliphatic rings. The third-order valence-corrected chi connectivity index (χ3v) is 3.95. The van der Waals surface area contributed by atoms with Crippen LogP contribution in [-0.4, -0.2) is 16.3 Å². The monoisotopic (exact) mass is 375 g/mol. The van der Waals surface area contributed by atoms with Crippen LogP contribution in [0, 0.1) is 0 Å². The van der Waals surface area contributed by atoms with Gasteiger partial charge in [0.25, 0.3) is 0 Å². The summed E-state index contributed by atoms with van der Waals surface area (Å²) in [6.07, 6.45) is -1.36. The lowest BCUT2D eigenvalue weighted by atomic mass is 9.95. The van der Waals surface area contributed by atoms with Gasteiger partial charge in [-0.05, 0) is 37.6 Å². The highest BCUT2D eigenvalue weighted by atomic mass is 19.4. The van der Waals surface area contributed by atoms with Gasteiger partial charge in [0.1, 0.15) is 5.75 Å². The fourth-order valence-corrected chi connectivity index (χ4v) is 2.86. The van der Waals surface area contributed by atoms with E-state index in [1.54, 1.807) is 30.5 Å². The van der Waals surface area contributed by atoms with Gasteiger partial charge in [-0.25, -0.2) is 0 Å². The van der Waals surface area contributed by atoms with E-state index >= 15 is 0 Å². The molecule has 3 aromatic rings. The van der Waals surface area contributed by atoms with Gasteiger partial charge in [0.05, 0.1) is 23.9 Å². The second-order valence-electron chi connectivity index (χ2n) is 6.39. The Hall–Kier alpha value is -2.96. The van der Waals surface area contributed by atoms with Gasteiger partial charge in [0, 0.05) is 23.5 Å². The summed E-state index contributed by atoms with van der Waals surface area (Å²) < 4.78 is 46.2. The number of hydrogen-bond donors (Lipinski definition) is 2. The van der Waals surface area contributed by atoms with Crippen LogP contribution in [0.1, 0.15) is 36.6 Å². The van der Waals surface area contributed by atoms with Gasteiger partial charge in [-0.3, -0.25) is 5.10 Å². The van der Waals surface area contributed by atoms with Crippen molar-refractivity contribution in [1.29, 1.82) is 0 Å². The lowest BCUT2D eigenvalue weighted by Crippen LogP contribution is -2.18. The van der Waals surface area contributed by atoms with Crippen molar-refractivity contribution in [2.75, 3.05) is 5.32 Å². The highest BCUT2D eigenvalue weighted by Crippen LogP contribution is 2.38. The maximum atomic E-state index is 13.5. The Kier molecular flexibility index (Phi) is 5.39. The molecular weight excluding hydrogens is 355 g/mol. The minimum atomic E-state index is -4.46. The quantitative estimate of drug-likeness (QED) is 0.605. The molecule has 27 heavy (non-hydrogen) atoms. The Bertz CT molecular complexity index is 876. The zero-order valence-electron chi connectivity index (χ0n) is 14.9. The first kappa shape index (κ1) is 18.8. The fourth-order valence-electron chi connectivity index (χ4n) is 2.86. The van der Waals surface area contributed by atoms with Gasteiger partial charge in [-0.15, -0.1) is 0 Å². The lowest BCUT2D eigenvalue weighted by molar-refractivity contribution is -0.138. The maximum Gasteiger partial charge on any atom is 0.416 e. The van der Waals surface area contributed by atoms with E-state index in [2.05, 4.69) is 15.5 Å². The standard InChI is InChI=1S/C20H20F3N3O/c1-13(2)27-16-7-5-6-15(10-16)26-19(14-11-24-25-12-14)17-8-3-4-9-18(17)20(21,22)23/h3-13,19,26H,1-2H3,(H,24,25). The van der Waals surface area contributed by atoms with Crippen LogP contribution in [0.15, 0.2) is 60.9 Å². The van der Waals surface area contributed by atoms with Gasteiger partial charge >= 0.3 is 6.18 Å². The molecule has 2 aromatic carbocycles. The van der Waals surface area contributed by atoms with Gasteiger partial charge in [0.2, 0.25) is 0 Å². The molecule has 3 rings (SSSR count). The molecule has 0 radical (unpaired) electrons. The number of halogens is 3. The topological polar surface area (TPSA) is 49.9 Å². The highest BCUT2D eigenvalue weighted by Gasteiger charge is 2.35. The number of aromatic nitrogens is 2. The third-order valence-electron chi connectivity index (χ3n) is 3.95. The summed E-state index contributed by atoms with van der Waals surface area (Å²) >= 11 is 0. The van der Waals surface area contributed by atoms with Crippen LogP contribution in [-0.2, 0) is 6.18 Å². The van der Waals surface area contributed by atoms with Crippen molar-refractivity contribution in [3.05, 3.63) is 77.6 Å². The Morgan fingerprint density at radius 1 is 1.07 bits per heavy atom. The number of anilines is 1. The summed E-state index contributed by atoms with van der Waals surface area (Å²) in [6.45, 7) is 3.82. The summed E-state index contributed by atoms with van der Waals surface area (Å²) in [5, 5.41) is 9.74. The van der Waals surface area contributed by atoms with Crippen molar-refractivity contribution in [3.8, 4) is 5.75 Å². The predicted molar refractivity (Wildman–Crippen MR) is 97.7 cm³/mol. The second-order valence-corrected chi connectivity index (χ2v) is 6.39. The molecule has 1 heterocycles. The molecule has 0 bridgehead atoms. The molecular formula is C20H20F3N3O. The molecule has 1 atom stereocenters. The van der Waals surface area contributed by atoms with Crippen molar-refractivity contribution >= 4 is 5.69 Å². The van der Waals surface area contributed by atoms with E-state index in [0.717, 1.165) is 6.07 Å². The molecule has 0 spiro atoms. The van der Waals surface area contributed by atoms with E-state index in [0.29, 0.717) is 17.0 Å². The summed E-state index contributed by atoms with van der Waals surface area (Å²) in [7, 11) is 0. The van der Waals surface area contributed by atoms with Crippen molar-refractivity contribution in [2.45, 2.75) is 32.2 Å². The maximum absolute atomic E-state index is 13.5. The number of H-pyrrole nitrogens is 1. The Balaban J connectivity index is 2.00. The molecule has 2 N–H and O–H groups in total. The Morgan fingerprint density at radius 3 is 2.52 bits per heavy atom. The highest BCUT2D eigenvalue weighted by molar-refractivity contribution is 5.53. The SMILES string of the molecule is CC(C)Oc1cccc(NC(c2cn[nH]c2)c2ccccc2C(F)(F)F)c1. The van der Waals surface area contributed by atoms with Crippen LogP contribution in [0.5, 0.6) is 5.75 Å². The Labute approximate surface area is 155 Å². The van der Waals surface area contributed by atoms with Crippen molar-refractivity contribution in [2.24, 2.45) is 0 Å². The lowest BCUT2D eigenvalue weighted by Gasteiger charge is -2.23. The molecule has 4 nitrogen and oxygen atoms in total. The predicted octanol–water partition coefficient (Wildman–Crippen LogP) is 5.42. The summed E-state index contributed by atoms with van der Waals surface area (Å²) in [4.78, 5) is 0. The zero-order valence-corrected chi connectivity index (χ0v) is 14.9. The molecule has 0 fully saturated rings. The average Bonchev–Trinajstić information content (AvgIpc) is 3.13. The van der Waals surface area contributed by atoms with Crippen LogP contribution >= 0.6 is 0 Å². The minimum absolute atomic E-state index is 0.00382. The smallest absolute Gasteiger partial charge is 0.416 e. The van der Waals surface area contributed by atoms with Gasteiger partial charge in [-0.2, -0.15) is 18.3 Å². The molecule has 1 unspecified atom stereocenters. The fraction of sp³-hybridized carbons (Fsp3) is 0.250. The van der Waals surface area contributed by atoms with E-state index in [1.807, 2.05) is 19.9 Å². The summed E-state index contributed by atoms with van der Waals surface area (Å²) in [6, 6.07) is 12.0. The van der Waals surface area contributed by atoms with Crippen molar-refractivity contribution in [3.63, 3.8) is 0 Å². The van der Waals surface area contributed by atoms with Crippen LogP contribution in [0.3, 0.4) is 0 Å². The first-order valence-corrected chi connectivity index (χ1v) is 8.52. The van der Waals surface area contributed by atoms with E-state index in [4.69, 9.17) is 4.74 Å². The van der Waals surface area contributed by atoms with E-state index in [1.165, 1.54) is 18.3 Å². The average molecular weight is 375 g/mol. The second kappa shape index (κ2) is 7.73. The zero-order chi connectivity index (χ0) is 19.4. The number of aromatic amines is 1. The van der Waals surface area contributed by atoms with Gasteiger partial charge in [0.15, 0.2) is 0 Å². The molecule has 0 aliphatic heterocycles. The largest absolute Gasteiger partial charge is 0.491 e. The molecule has 0 saturated heterocycles. The first-order valence-electron chi connectivity index (χ1n) is 8.52. The van der Waals surface area contributed by atoms with E-state index < -0.39 is 17.8 Å². The Morgan fingerprint density at radius 2 is 1.85 bits per heavy atom. The van der Waals surface area contributed by atoms with Crippen LogP contribution < -0.4 is 10.1 Å². The molecule has 0 aliphatic carbocycles. The van der Waals surface area contributed by atoms with Gasteiger partial charge in [-0.1, -0.05) is 24.3 Å². The number of rotatable bonds is 6. The number of benzene rings is 2. The van der Waals surface area contributed by atoms with Crippen LogP contribution in [0.2, 0.25) is 0 Å². The minimum Gasteiger partial charge on any atom is -0.491 e. The van der Waals surface area contributed by atoms with E-state index in [9.17, 15) is 13.2 Å². The van der Waals surface area contributed by atoms with Crippen molar-refractivity contribution < 1.29 is 17.9 Å². The number of hydrogen-bond acceptors (Lipinski definition) is 3. The number of alkyl halides is 3. The number of nitrogens with zero attached hydrogens (tertiary/aromatic N) is 1. The van der Waals surface area contributed by atoms with Crippen LogP contribution in [0.25, 0.3) is 0 Å². The normalized spacial score (nSPS) is 12.8. The molecule has 7 heteroatoms.